The van der Waals surface area contributed by atoms with E-state index in [1.54, 1.807) is 7.11 Å². The van der Waals surface area contributed by atoms with Gasteiger partial charge in [0.25, 0.3) is 0 Å². The molecule has 0 saturated carbocycles. The van der Waals surface area contributed by atoms with Crippen molar-refractivity contribution in [2.45, 2.75) is 25.3 Å². The highest BCUT2D eigenvalue weighted by Gasteiger charge is 2.27. The van der Waals surface area contributed by atoms with Crippen molar-refractivity contribution >= 4 is 5.91 Å². The molecule has 2 atom stereocenters. The smallest absolute Gasteiger partial charge is 0.224 e. The summed E-state index contributed by atoms with van der Waals surface area (Å²) < 4.78 is 5.22. The first-order chi connectivity index (χ1) is 12.1. The van der Waals surface area contributed by atoms with Crippen LogP contribution in [0.15, 0.2) is 30.5 Å². The standard InChI is InChI=1S/C19H26N4O2/c1-23(2)12-18(13-6-8-16(25-3)9-7-13)21-19(24)14-4-5-15-11-20-22-17(15)10-14/h6-9,11,14,18H,4-5,10,12H2,1-3H3,(H,20,22)(H,21,24)/t14-,18-/m1/s1. The van der Waals surface area contributed by atoms with Crippen LogP contribution in [-0.4, -0.2) is 48.8 Å². The summed E-state index contributed by atoms with van der Waals surface area (Å²) in [6, 6.07) is 7.85. The van der Waals surface area contributed by atoms with Gasteiger partial charge in [-0.25, -0.2) is 0 Å². The molecule has 25 heavy (non-hydrogen) atoms. The molecule has 0 fully saturated rings. The lowest BCUT2D eigenvalue weighted by molar-refractivity contribution is -0.126. The van der Waals surface area contributed by atoms with Gasteiger partial charge in [-0.1, -0.05) is 12.1 Å². The first-order valence-electron chi connectivity index (χ1n) is 8.67. The van der Waals surface area contributed by atoms with Gasteiger partial charge in [-0.2, -0.15) is 5.10 Å². The van der Waals surface area contributed by atoms with E-state index in [0.717, 1.165) is 42.8 Å². The zero-order valence-corrected chi connectivity index (χ0v) is 15.1. The van der Waals surface area contributed by atoms with Crippen molar-refractivity contribution in [1.29, 1.82) is 0 Å². The zero-order chi connectivity index (χ0) is 17.8. The van der Waals surface area contributed by atoms with Gasteiger partial charge < -0.3 is 15.0 Å². The minimum atomic E-state index is -0.0448. The van der Waals surface area contributed by atoms with Gasteiger partial charge in [0.1, 0.15) is 5.75 Å². The van der Waals surface area contributed by atoms with E-state index >= 15 is 0 Å². The number of H-pyrrole nitrogens is 1. The van der Waals surface area contributed by atoms with Gasteiger partial charge in [0.15, 0.2) is 0 Å². The third-order valence-electron chi connectivity index (χ3n) is 4.77. The summed E-state index contributed by atoms with van der Waals surface area (Å²) >= 11 is 0. The molecule has 0 radical (unpaired) electrons. The topological polar surface area (TPSA) is 70.2 Å². The largest absolute Gasteiger partial charge is 0.497 e. The summed E-state index contributed by atoms with van der Waals surface area (Å²) in [4.78, 5) is 14.9. The number of aromatic amines is 1. The third-order valence-corrected chi connectivity index (χ3v) is 4.77. The average Bonchev–Trinajstić information content (AvgIpc) is 3.08. The number of hydrogen-bond donors (Lipinski definition) is 2. The maximum atomic E-state index is 12.8. The van der Waals surface area contributed by atoms with Crippen LogP contribution in [0.1, 0.15) is 29.3 Å². The minimum Gasteiger partial charge on any atom is -0.497 e. The molecule has 1 heterocycles. The number of rotatable bonds is 6. The highest BCUT2D eigenvalue weighted by atomic mass is 16.5. The van der Waals surface area contributed by atoms with E-state index in [1.165, 1.54) is 5.56 Å². The van der Waals surface area contributed by atoms with E-state index in [4.69, 9.17) is 4.74 Å². The monoisotopic (exact) mass is 342 g/mol. The fourth-order valence-electron chi connectivity index (χ4n) is 3.36. The second-order valence-electron chi connectivity index (χ2n) is 6.91. The second kappa shape index (κ2) is 7.70. The van der Waals surface area contributed by atoms with E-state index in [-0.39, 0.29) is 17.9 Å². The lowest BCUT2D eigenvalue weighted by Gasteiger charge is -2.27. The normalized spacial score (nSPS) is 17.8. The van der Waals surface area contributed by atoms with Crippen LogP contribution < -0.4 is 10.1 Å². The Hall–Kier alpha value is -2.34. The number of methoxy groups -OCH3 is 1. The number of nitrogens with one attached hydrogen (secondary N) is 2. The Morgan fingerprint density at radius 1 is 1.40 bits per heavy atom. The molecule has 3 rings (SSSR count). The Labute approximate surface area is 148 Å². The molecule has 0 bridgehead atoms. The number of carbonyl (C=O) groups is 1. The van der Waals surface area contributed by atoms with E-state index < -0.39 is 0 Å². The van der Waals surface area contributed by atoms with Crippen LogP contribution in [0.3, 0.4) is 0 Å². The fourth-order valence-corrected chi connectivity index (χ4v) is 3.36. The van der Waals surface area contributed by atoms with Crippen LogP contribution >= 0.6 is 0 Å². The van der Waals surface area contributed by atoms with E-state index in [2.05, 4.69) is 20.4 Å². The first kappa shape index (κ1) is 17.5. The number of aryl methyl sites for hydroxylation is 1. The van der Waals surface area contributed by atoms with Crippen molar-refractivity contribution in [1.82, 2.24) is 20.4 Å². The summed E-state index contributed by atoms with van der Waals surface area (Å²) in [5, 5.41) is 10.3. The summed E-state index contributed by atoms with van der Waals surface area (Å²) in [5.41, 5.74) is 3.42. The van der Waals surface area contributed by atoms with Crippen LogP contribution in [0.4, 0.5) is 0 Å². The van der Waals surface area contributed by atoms with Crippen molar-refractivity contribution < 1.29 is 9.53 Å². The number of likely N-dealkylation sites (N-methyl/N-ethyl adjacent to an activating group) is 1. The summed E-state index contributed by atoms with van der Waals surface area (Å²) in [6.07, 6.45) is 4.38. The second-order valence-corrected chi connectivity index (χ2v) is 6.91. The van der Waals surface area contributed by atoms with E-state index in [0.29, 0.717) is 0 Å². The van der Waals surface area contributed by atoms with Crippen LogP contribution in [0, 0.1) is 5.92 Å². The van der Waals surface area contributed by atoms with E-state index in [9.17, 15) is 4.79 Å². The predicted octanol–water partition coefficient (Wildman–Crippen LogP) is 1.94. The van der Waals surface area contributed by atoms with Crippen molar-refractivity contribution in [3.05, 3.63) is 47.3 Å². The Balaban J connectivity index is 1.70. The van der Waals surface area contributed by atoms with E-state index in [1.807, 2.05) is 44.6 Å². The maximum absolute atomic E-state index is 12.8. The van der Waals surface area contributed by atoms with Crippen LogP contribution in [0.2, 0.25) is 0 Å². The number of amides is 1. The fraction of sp³-hybridized carbons (Fsp3) is 0.474. The Morgan fingerprint density at radius 3 is 2.84 bits per heavy atom. The van der Waals surface area contributed by atoms with Crippen molar-refractivity contribution in [2.75, 3.05) is 27.7 Å². The number of aromatic nitrogens is 2. The van der Waals surface area contributed by atoms with Crippen LogP contribution in [-0.2, 0) is 17.6 Å². The molecule has 0 aliphatic heterocycles. The molecular formula is C19H26N4O2. The molecular weight excluding hydrogens is 316 g/mol. The lowest BCUT2D eigenvalue weighted by atomic mass is 9.87. The van der Waals surface area contributed by atoms with Crippen molar-refractivity contribution in [3.8, 4) is 5.75 Å². The molecule has 6 nitrogen and oxygen atoms in total. The molecule has 134 valence electrons. The molecule has 0 unspecified atom stereocenters. The number of carbonyl (C=O) groups excluding carboxylic acids is 1. The molecule has 6 heteroatoms. The van der Waals surface area contributed by atoms with Crippen molar-refractivity contribution in [3.63, 3.8) is 0 Å². The molecule has 2 aromatic rings. The maximum Gasteiger partial charge on any atom is 0.224 e. The van der Waals surface area contributed by atoms with Gasteiger partial charge in [0.2, 0.25) is 5.91 Å². The summed E-state index contributed by atoms with van der Waals surface area (Å²) in [6.45, 7) is 0.750. The molecule has 1 aromatic carbocycles. The highest BCUT2D eigenvalue weighted by molar-refractivity contribution is 5.79. The van der Waals surface area contributed by atoms with Gasteiger partial charge >= 0.3 is 0 Å². The first-order valence-corrected chi connectivity index (χ1v) is 8.67. The third kappa shape index (κ3) is 4.20. The average molecular weight is 342 g/mol. The van der Waals surface area contributed by atoms with Gasteiger partial charge in [-0.15, -0.1) is 0 Å². The van der Waals surface area contributed by atoms with Gasteiger partial charge in [0, 0.05) is 24.6 Å². The van der Waals surface area contributed by atoms with Gasteiger partial charge in [-0.05, 0) is 50.2 Å². The minimum absolute atomic E-state index is 0.00383. The number of fused-ring (bicyclic) bond motifs is 1. The Bertz CT molecular complexity index is 708. The summed E-state index contributed by atoms with van der Waals surface area (Å²) in [5.74, 6) is 0.927. The molecule has 0 saturated heterocycles. The van der Waals surface area contributed by atoms with Crippen molar-refractivity contribution in [2.24, 2.45) is 5.92 Å². The van der Waals surface area contributed by atoms with Crippen LogP contribution in [0.5, 0.6) is 5.75 Å². The molecule has 1 aliphatic rings. The molecule has 1 aromatic heterocycles. The van der Waals surface area contributed by atoms with Gasteiger partial charge in [0.05, 0.1) is 19.3 Å². The zero-order valence-electron chi connectivity index (χ0n) is 15.1. The molecule has 0 spiro atoms. The highest BCUT2D eigenvalue weighted by Crippen LogP contribution is 2.25. The number of hydrogen-bond acceptors (Lipinski definition) is 4. The summed E-state index contributed by atoms with van der Waals surface area (Å²) in [7, 11) is 5.68. The SMILES string of the molecule is COc1ccc([C@@H](CN(C)C)NC(=O)[C@@H]2CCc3cn[nH]c3C2)cc1. The lowest BCUT2D eigenvalue weighted by Crippen LogP contribution is -2.40. The quantitative estimate of drug-likeness (QED) is 0.842. The number of nitrogens with zero attached hydrogens (tertiary/aromatic N) is 2. The number of ether oxygens (including phenoxy) is 1. The van der Waals surface area contributed by atoms with Crippen LogP contribution in [0.25, 0.3) is 0 Å². The Morgan fingerprint density at radius 2 is 2.16 bits per heavy atom. The molecule has 2 N–H and O–H groups in total. The molecule has 1 amide bonds. The number of benzene rings is 1. The molecule has 1 aliphatic carbocycles. The van der Waals surface area contributed by atoms with Gasteiger partial charge in [-0.3, -0.25) is 9.89 Å². The Kier molecular flexibility index (Phi) is 5.38. The predicted molar refractivity (Wildman–Crippen MR) is 96.5 cm³/mol.